The lowest BCUT2D eigenvalue weighted by atomic mass is 9.97. The second kappa shape index (κ2) is 5.31. The number of anilines is 1. The summed E-state index contributed by atoms with van der Waals surface area (Å²) in [5, 5.41) is 0. The fourth-order valence-corrected chi connectivity index (χ4v) is 3.17. The summed E-state index contributed by atoms with van der Waals surface area (Å²) in [6, 6.07) is 4.78. The van der Waals surface area contributed by atoms with E-state index in [2.05, 4.69) is 9.88 Å². The zero-order valence-electron chi connectivity index (χ0n) is 13.2. The molecule has 0 amide bonds. The monoisotopic (exact) mass is 324 g/mol. The highest BCUT2D eigenvalue weighted by atomic mass is 16.4. The van der Waals surface area contributed by atoms with Gasteiger partial charge in [0, 0.05) is 31.2 Å². The number of oxazole rings is 1. The lowest BCUT2D eigenvalue weighted by molar-refractivity contribution is 0.0954. The first-order chi connectivity index (χ1) is 11.5. The van der Waals surface area contributed by atoms with Crippen molar-refractivity contribution in [3.63, 3.8) is 0 Å². The first-order valence-corrected chi connectivity index (χ1v) is 7.64. The molecule has 24 heavy (non-hydrogen) atoms. The van der Waals surface area contributed by atoms with Crippen LogP contribution in [0.5, 0.6) is 0 Å². The van der Waals surface area contributed by atoms with Crippen LogP contribution in [0.2, 0.25) is 0 Å². The molecule has 2 aromatic heterocycles. The number of rotatable bonds is 1. The van der Waals surface area contributed by atoms with E-state index < -0.39 is 11.7 Å². The molecule has 4 rings (SSSR count). The van der Waals surface area contributed by atoms with Crippen LogP contribution in [0.4, 0.5) is 5.69 Å². The van der Waals surface area contributed by atoms with Crippen molar-refractivity contribution in [3.05, 3.63) is 57.8 Å². The van der Waals surface area contributed by atoms with Crippen LogP contribution in [-0.4, -0.2) is 34.0 Å². The van der Waals surface area contributed by atoms with E-state index in [1.54, 1.807) is 24.4 Å². The highest BCUT2D eigenvalue weighted by Gasteiger charge is 2.24. The Balaban J connectivity index is 1.89. The molecule has 2 N–H and O–H groups in total. The number of carbonyl (C=O) groups is 1. The molecule has 0 bridgehead atoms. The normalized spacial score (nSPS) is 14.7. The minimum Gasteiger partial charge on any atom is -0.407 e. The molecule has 0 spiro atoms. The minimum absolute atomic E-state index is 0.333. The molecule has 0 saturated carbocycles. The minimum atomic E-state index is -0.717. The molecule has 0 unspecified atom stereocenters. The maximum absolute atomic E-state index is 13.0. The topological polar surface area (TPSA) is 94.4 Å². The van der Waals surface area contributed by atoms with Gasteiger partial charge >= 0.3 is 5.76 Å². The molecule has 1 aliphatic heterocycles. The molecule has 3 heterocycles. The summed E-state index contributed by atoms with van der Waals surface area (Å²) in [5.74, 6) is -1.15. The van der Waals surface area contributed by atoms with E-state index in [0.29, 0.717) is 22.4 Å². The predicted octanol–water partition coefficient (Wildman–Crippen LogP) is 1.25. The number of benzene rings is 1. The highest BCUT2D eigenvalue weighted by Crippen LogP contribution is 2.23. The second-order valence-electron chi connectivity index (χ2n) is 6.05. The summed E-state index contributed by atoms with van der Waals surface area (Å²) < 4.78 is 6.19. The van der Waals surface area contributed by atoms with E-state index in [0.717, 1.165) is 35.2 Å². The summed E-state index contributed by atoms with van der Waals surface area (Å²) in [4.78, 5) is 31.5. The van der Waals surface area contributed by atoms with Gasteiger partial charge in [-0.05, 0) is 42.8 Å². The summed E-state index contributed by atoms with van der Waals surface area (Å²) in [5.41, 5.74) is 9.33. The van der Waals surface area contributed by atoms with Crippen molar-refractivity contribution >= 4 is 22.7 Å². The largest absolute Gasteiger partial charge is 0.427 e. The maximum atomic E-state index is 13.0. The fourth-order valence-electron chi connectivity index (χ4n) is 3.17. The Kier molecular flexibility index (Phi) is 3.24. The number of hydrogen-bond acceptors (Lipinski definition) is 6. The molecule has 1 aromatic carbocycles. The molecule has 122 valence electrons. The summed E-state index contributed by atoms with van der Waals surface area (Å²) in [6.45, 7) is 1.59. The van der Waals surface area contributed by atoms with E-state index in [4.69, 9.17) is 10.2 Å². The summed E-state index contributed by atoms with van der Waals surface area (Å²) in [7, 11) is 2.02. The van der Waals surface area contributed by atoms with Crippen LogP contribution < -0.4 is 11.5 Å². The Morgan fingerprint density at radius 2 is 2.17 bits per heavy atom. The van der Waals surface area contributed by atoms with Crippen molar-refractivity contribution in [1.29, 1.82) is 0 Å². The molecule has 7 nitrogen and oxygen atoms in total. The van der Waals surface area contributed by atoms with Gasteiger partial charge in [-0.2, -0.15) is 0 Å². The van der Waals surface area contributed by atoms with Gasteiger partial charge < -0.3 is 15.1 Å². The third kappa shape index (κ3) is 2.21. The van der Waals surface area contributed by atoms with E-state index in [9.17, 15) is 9.59 Å². The Morgan fingerprint density at radius 1 is 1.33 bits per heavy atom. The van der Waals surface area contributed by atoms with E-state index in [-0.39, 0.29) is 0 Å². The summed E-state index contributed by atoms with van der Waals surface area (Å²) in [6.07, 6.45) is 4.03. The molecular weight excluding hydrogens is 308 g/mol. The molecular formula is C17H16N4O3. The van der Waals surface area contributed by atoms with Crippen LogP contribution in [0, 0.1) is 0 Å². The van der Waals surface area contributed by atoms with Crippen molar-refractivity contribution < 1.29 is 9.21 Å². The van der Waals surface area contributed by atoms with Crippen molar-refractivity contribution in [2.24, 2.45) is 0 Å². The highest BCUT2D eigenvalue weighted by molar-refractivity contribution is 6.02. The van der Waals surface area contributed by atoms with Gasteiger partial charge in [0.15, 0.2) is 5.58 Å². The number of carbonyl (C=O) groups excluding carboxylic acids is 1. The predicted molar refractivity (Wildman–Crippen MR) is 88.9 cm³/mol. The number of pyridine rings is 1. The standard InChI is InChI=1S/C17H16N4O3/c1-20-5-4-12-10(9-20)7-19-8-13(12)16(22)21-14-6-11(18)2-3-15(14)24-17(21)23/h2-3,6-8H,4-5,9,18H2,1H3. The van der Waals surface area contributed by atoms with Crippen LogP contribution >= 0.6 is 0 Å². The number of nitrogens with two attached hydrogens (primary N) is 1. The quantitative estimate of drug-likeness (QED) is 0.677. The van der Waals surface area contributed by atoms with Crippen molar-refractivity contribution in [1.82, 2.24) is 14.5 Å². The first-order valence-electron chi connectivity index (χ1n) is 7.64. The number of nitrogen functional groups attached to an aromatic ring is 1. The van der Waals surface area contributed by atoms with Gasteiger partial charge in [0.25, 0.3) is 5.91 Å². The number of likely N-dealkylation sites (N-methyl/N-ethyl adjacent to an activating group) is 1. The number of fused-ring (bicyclic) bond motifs is 2. The van der Waals surface area contributed by atoms with Crippen molar-refractivity contribution in [2.75, 3.05) is 19.3 Å². The van der Waals surface area contributed by atoms with Gasteiger partial charge in [-0.3, -0.25) is 9.78 Å². The first kappa shape index (κ1) is 14.6. The Labute approximate surface area is 137 Å². The Hall–Kier alpha value is -2.93. The molecule has 0 fully saturated rings. The average molecular weight is 324 g/mol. The van der Waals surface area contributed by atoms with Crippen LogP contribution in [0.3, 0.4) is 0 Å². The van der Waals surface area contributed by atoms with Crippen LogP contribution in [0.15, 0.2) is 39.8 Å². The van der Waals surface area contributed by atoms with Gasteiger partial charge in [0.2, 0.25) is 0 Å². The molecule has 0 radical (unpaired) electrons. The SMILES string of the molecule is CN1CCc2c(cncc2C(=O)n2c(=O)oc3ccc(N)cc32)C1. The maximum Gasteiger partial charge on any atom is 0.427 e. The van der Waals surface area contributed by atoms with Crippen LogP contribution in [-0.2, 0) is 13.0 Å². The van der Waals surface area contributed by atoms with Crippen LogP contribution in [0.25, 0.3) is 11.1 Å². The van der Waals surface area contributed by atoms with E-state index in [1.165, 1.54) is 6.20 Å². The van der Waals surface area contributed by atoms with Gasteiger partial charge in [0.05, 0.1) is 5.56 Å². The zero-order valence-corrected chi connectivity index (χ0v) is 13.2. The molecule has 1 aliphatic rings. The lowest BCUT2D eigenvalue weighted by Gasteiger charge is -2.25. The Morgan fingerprint density at radius 3 is 3.00 bits per heavy atom. The number of nitrogens with zero attached hydrogens (tertiary/aromatic N) is 3. The zero-order chi connectivity index (χ0) is 16.8. The smallest absolute Gasteiger partial charge is 0.407 e. The molecule has 7 heteroatoms. The van der Waals surface area contributed by atoms with Gasteiger partial charge in [0.1, 0.15) is 5.52 Å². The van der Waals surface area contributed by atoms with Crippen LogP contribution in [0.1, 0.15) is 21.5 Å². The molecule has 3 aromatic rings. The van der Waals surface area contributed by atoms with E-state index in [1.807, 2.05) is 7.05 Å². The van der Waals surface area contributed by atoms with Crippen molar-refractivity contribution in [2.45, 2.75) is 13.0 Å². The van der Waals surface area contributed by atoms with Gasteiger partial charge in [-0.15, -0.1) is 0 Å². The van der Waals surface area contributed by atoms with Gasteiger partial charge in [-0.25, -0.2) is 9.36 Å². The second-order valence-corrected chi connectivity index (χ2v) is 6.05. The molecule has 0 saturated heterocycles. The lowest BCUT2D eigenvalue weighted by Crippen LogP contribution is -2.30. The van der Waals surface area contributed by atoms with Crippen molar-refractivity contribution in [3.8, 4) is 0 Å². The fraction of sp³-hybridized carbons (Fsp3) is 0.235. The third-order valence-corrected chi connectivity index (χ3v) is 4.37. The van der Waals surface area contributed by atoms with Gasteiger partial charge in [-0.1, -0.05) is 0 Å². The number of aromatic nitrogens is 2. The molecule has 0 atom stereocenters. The third-order valence-electron chi connectivity index (χ3n) is 4.37. The Bertz CT molecular complexity index is 1020. The summed E-state index contributed by atoms with van der Waals surface area (Å²) >= 11 is 0. The average Bonchev–Trinajstić information content (AvgIpc) is 2.88. The van der Waals surface area contributed by atoms with E-state index >= 15 is 0 Å². The number of hydrogen-bond donors (Lipinski definition) is 1. The molecule has 0 aliphatic carbocycles.